The number of benzene rings is 1. The van der Waals surface area contributed by atoms with Crippen molar-refractivity contribution in [3.05, 3.63) is 34.9 Å². The SMILES string of the molecule is CC(C)(C)OC(=O)NCC1(c2cccc(Cl)c2)CCC(N2CCCCC2=O)CC1. The molecule has 0 aromatic heterocycles. The fourth-order valence-corrected chi connectivity index (χ4v) is 4.81. The second-order valence-electron chi connectivity index (χ2n) is 9.42. The molecule has 3 rings (SSSR count). The maximum atomic E-state index is 12.4. The first-order valence-electron chi connectivity index (χ1n) is 10.7. The zero-order chi connectivity index (χ0) is 21.1. The summed E-state index contributed by atoms with van der Waals surface area (Å²) < 4.78 is 5.43. The molecule has 0 atom stereocenters. The van der Waals surface area contributed by atoms with Gasteiger partial charge in [0.25, 0.3) is 0 Å². The molecule has 6 heteroatoms. The highest BCUT2D eigenvalue weighted by atomic mass is 35.5. The van der Waals surface area contributed by atoms with Gasteiger partial charge >= 0.3 is 6.09 Å². The number of carbonyl (C=O) groups excluding carboxylic acids is 2. The minimum Gasteiger partial charge on any atom is -0.444 e. The molecule has 1 N–H and O–H groups in total. The number of amides is 2. The molecule has 5 nitrogen and oxygen atoms in total. The topological polar surface area (TPSA) is 58.6 Å². The summed E-state index contributed by atoms with van der Waals surface area (Å²) in [6.45, 7) is 6.97. The quantitative estimate of drug-likeness (QED) is 0.740. The number of halogens is 1. The Kier molecular flexibility index (Phi) is 6.77. The average molecular weight is 421 g/mol. The van der Waals surface area contributed by atoms with Crippen LogP contribution in [0, 0.1) is 0 Å². The van der Waals surface area contributed by atoms with Gasteiger partial charge < -0.3 is 15.0 Å². The van der Waals surface area contributed by atoms with Gasteiger partial charge in [0.2, 0.25) is 5.91 Å². The molecule has 1 aliphatic heterocycles. The summed E-state index contributed by atoms with van der Waals surface area (Å²) in [6, 6.07) is 8.24. The standard InChI is InChI=1S/C23H33ClN2O3/c1-22(2,3)29-21(28)25-16-23(17-7-6-8-18(24)15-17)12-10-19(11-13-23)26-14-5-4-9-20(26)27/h6-8,15,19H,4-5,9-14,16H2,1-3H3,(H,25,28). The predicted molar refractivity (Wildman–Crippen MR) is 115 cm³/mol. The molecule has 0 bridgehead atoms. The molecule has 1 heterocycles. The van der Waals surface area contributed by atoms with Crippen molar-refractivity contribution >= 4 is 23.6 Å². The fraction of sp³-hybridized carbons (Fsp3) is 0.652. The van der Waals surface area contributed by atoms with Gasteiger partial charge in [-0.2, -0.15) is 0 Å². The zero-order valence-electron chi connectivity index (χ0n) is 17.8. The number of piperidine rings is 1. The molecule has 1 saturated heterocycles. The van der Waals surface area contributed by atoms with E-state index in [2.05, 4.69) is 16.3 Å². The molecule has 0 unspecified atom stereocenters. The van der Waals surface area contributed by atoms with Crippen molar-refractivity contribution in [2.75, 3.05) is 13.1 Å². The molecular weight excluding hydrogens is 388 g/mol. The largest absolute Gasteiger partial charge is 0.444 e. The number of hydrogen-bond acceptors (Lipinski definition) is 3. The fourth-order valence-electron chi connectivity index (χ4n) is 4.62. The van der Waals surface area contributed by atoms with Gasteiger partial charge in [-0.05, 0) is 77.0 Å². The van der Waals surface area contributed by atoms with Crippen molar-refractivity contribution in [2.24, 2.45) is 0 Å². The Morgan fingerprint density at radius 1 is 1.28 bits per heavy atom. The molecule has 2 amide bonds. The first kappa shape index (κ1) is 21.9. The summed E-state index contributed by atoms with van der Waals surface area (Å²) in [5.74, 6) is 0.295. The van der Waals surface area contributed by atoms with E-state index in [9.17, 15) is 9.59 Å². The van der Waals surface area contributed by atoms with Crippen LogP contribution in [0.4, 0.5) is 4.79 Å². The van der Waals surface area contributed by atoms with E-state index < -0.39 is 11.7 Å². The lowest BCUT2D eigenvalue weighted by Crippen LogP contribution is -2.50. The summed E-state index contributed by atoms with van der Waals surface area (Å²) >= 11 is 6.28. The molecule has 29 heavy (non-hydrogen) atoms. The molecule has 0 spiro atoms. The molecule has 160 valence electrons. The molecule has 2 fully saturated rings. The molecule has 1 aromatic carbocycles. The van der Waals surface area contributed by atoms with E-state index in [1.54, 1.807) is 0 Å². The normalized spacial score (nSPS) is 25.6. The second kappa shape index (κ2) is 8.95. The van der Waals surface area contributed by atoms with Crippen LogP contribution in [0.5, 0.6) is 0 Å². The summed E-state index contributed by atoms with van der Waals surface area (Å²) in [4.78, 5) is 26.7. The third-order valence-electron chi connectivity index (χ3n) is 6.12. The van der Waals surface area contributed by atoms with Gasteiger partial charge in [-0.3, -0.25) is 4.79 Å². The number of rotatable bonds is 4. The number of hydrogen-bond donors (Lipinski definition) is 1. The zero-order valence-corrected chi connectivity index (χ0v) is 18.6. The number of carbonyl (C=O) groups is 2. The van der Waals surface area contributed by atoms with Gasteiger partial charge in [0.1, 0.15) is 5.60 Å². The van der Waals surface area contributed by atoms with Crippen LogP contribution in [0.1, 0.15) is 71.3 Å². The van der Waals surface area contributed by atoms with Gasteiger partial charge in [0.15, 0.2) is 0 Å². The molecule has 1 saturated carbocycles. The number of nitrogens with one attached hydrogen (secondary N) is 1. The van der Waals surface area contributed by atoms with Crippen LogP contribution in [0.15, 0.2) is 24.3 Å². The number of likely N-dealkylation sites (tertiary alicyclic amines) is 1. The Hall–Kier alpha value is -1.75. The Labute approximate surface area is 179 Å². The van der Waals surface area contributed by atoms with Crippen LogP contribution in [0.3, 0.4) is 0 Å². The van der Waals surface area contributed by atoms with Crippen LogP contribution in [0.2, 0.25) is 5.02 Å². The van der Waals surface area contributed by atoms with Crippen LogP contribution in [0.25, 0.3) is 0 Å². The van der Waals surface area contributed by atoms with E-state index in [0.717, 1.165) is 50.6 Å². The van der Waals surface area contributed by atoms with Crippen molar-refractivity contribution in [1.29, 1.82) is 0 Å². The lowest BCUT2D eigenvalue weighted by Gasteiger charge is -2.45. The average Bonchev–Trinajstić information content (AvgIpc) is 2.66. The van der Waals surface area contributed by atoms with E-state index >= 15 is 0 Å². The third kappa shape index (κ3) is 5.65. The third-order valence-corrected chi connectivity index (χ3v) is 6.36. The van der Waals surface area contributed by atoms with Crippen LogP contribution in [-0.2, 0) is 14.9 Å². The van der Waals surface area contributed by atoms with Crippen molar-refractivity contribution in [3.8, 4) is 0 Å². The Bertz CT molecular complexity index is 736. The van der Waals surface area contributed by atoms with Gasteiger partial charge in [-0.15, -0.1) is 0 Å². The maximum absolute atomic E-state index is 12.4. The van der Waals surface area contributed by atoms with E-state index in [1.807, 2.05) is 39.0 Å². The van der Waals surface area contributed by atoms with E-state index in [4.69, 9.17) is 16.3 Å². The van der Waals surface area contributed by atoms with Gasteiger partial charge in [0.05, 0.1) is 0 Å². The summed E-state index contributed by atoms with van der Waals surface area (Å²) in [6.07, 6.45) is 6.07. The highest BCUT2D eigenvalue weighted by Gasteiger charge is 2.40. The van der Waals surface area contributed by atoms with Crippen molar-refractivity contribution in [2.45, 2.75) is 82.8 Å². The van der Waals surface area contributed by atoms with Crippen molar-refractivity contribution < 1.29 is 14.3 Å². The van der Waals surface area contributed by atoms with Crippen molar-refractivity contribution in [3.63, 3.8) is 0 Å². The Balaban J connectivity index is 1.73. The number of alkyl carbamates (subject to hydrolysis) is 1. The van der Waals surface area contributed by atoms with E-state index in [1.165, 1.54) is 0 Å². The minimum absolute atomic E-state index is 0.197. The molecule has 1 aliphatic carbocycles. The second-order valence-corrected chi connectivity index (χ2v) is 9.86. The highest BCUT2D eigenvalue weighted by Crippen LogP contribution is 2.41. The van der Waals surface area contributed by atoms with Crippen LogP contribution < -0.4 is 5.32 Å². The summed E-state index contributed by atoms with van der Waals surface area (Å²) in [7, 11) is 0. The Morgan fingerprint density at radius 3 is 2.62 bits per heavy atom. The van der Waals surface area contributed by atoms with Crippen molar-refractivity contribution in [1.82, 2.24) is 10.2 Å². The predicted octanol–water partition coefficient (Wildman–Crippen LogP) is 5.06. The van der Waals surface area contributed by atoms with Crippen LogP contribution >= 0.6 is 11.6 Å². The van der Waals surface area contributed by atoms with E-state index in [-0.39, 0.29) is 5.41 Å². The van der Waals surface area contributed by atoms with Gasteiger partial charge in [0, 0.05) is 36.0 Å². The number of nitrogens with zero attached hydrogens (tertiary/aromatic N) is 1. The summed E-state index contributed by atoms with van der Waals surface area (Å²) in [5.41, 5.74) is 0.418. The first-order valence-corrected chi connectivity index (χ1v) is 11.1. The Morgan fingerprint density at radius 2 is 2.00 bits per heavy atom. The molecule has 0 radical (unpaired) electrons. The number of ether oxygens (including phenoxy) is 1. The maximum Gasteiger partial charge on any atom is 0.407 e. The minimum atomic E-state index is -0.528. The highest BCUT2D eigenvalue weighted by molar-refractivity contribution is 6.30. The smallest absolute Gasteiger partial charge is 0.407 e. The lowest BCUT2D eigenvalue weighted by molar-refractivity contribution is -0.136. The first-order chi connectivity index (χ1) is 13.7. The molecule has 2 aliphatic rings. The summed E-state index contributed by atoms with van der Waals surface area (Å²) in [5, 5.41) is 3.69. The van der Waals surface area contributed by atoms with Gasteiger partial charge in [-0.25, -0.2) is 4.79 Å². The molecule has 1 aromatic rings. The van der Waals surface area contributed by atoms with E-state index in [0.29, 0.717) is 29.9 Å². The lowest BCUT2D eigenvalue weighted by atomic mass is 9.67. The monoisotopic (exact) mass is 420 g/mol. The molecular formula is C23H33ClN2O3. The van der Waals surface area contributed by atoms with Crippen LogP contribution in [-0.4, -0.2) is 41.6 Å². The van der Waals surface area contributed by atoms with Gasteiger partial charge in [-0.1, -0.05) is 23.7 Å².